The number of fused-ring (bicyclic) bond motifs is 1. The fraction of sp³-hybridized carbons (Fsp3) is 0.350. The lowest BCUT2D eigenvalue weighted by Crippen LogP contribution is -2.27. The molecule has 1 atom stereocenters. The topological polar surface area (TPSA) is 60.7 Å². The zero-order valence-corrected chi connectivity index (χ0v) is 14.6. The summed E-state index contributed by atoms with van der Waals surface area (Å²) >= 11 is 0. The zero-order valence-electron chi connectivity index (χ0n) is 14.6. The number of benzene rings is 1. The molecule has 0 radical (unpaired) electrons. The van der Waals surface area contributed by atoms with Crippen LogP contribution in [-0.4, -0.2) is 20.0 Å². The third-order valence-corrected chi connectivity index (χ3v) is 4.94. The van der Waals surface area contributed by atoms with E-state index in [1.165, 1.54) is 0 Å². The highest BCUT2D eigenvalue weighted by molar-refractivity contribution is 6.01. The van der Waals surface area contributed by atoms with Crippen LogP contribution < -0.4 is 14.8 Å². The second kappa shape index (κ2) is 5.99. The molecule has 1 aromatic carbocycles. The number of allylic oxidation sites excluding steroid dienone is 2. The van der Waals surface area contributed by atoms with E-state index in [9.17, 15) is 4.79 Å². The molecule has 2 aliphatic rings. The average Bonchev–Trinajstić information content (AvgIpc) is 3.05. The fourth-order valence-corrected chi connectivity index (χ4v) is 3.82. The van der Waals surface area contributed by atoms with Gasteiger partial charge in [0.15, 0.2) is 5.78 Å². The number of Topliss-reactive ketones (excluding diaryl/α,β-unsaturated/α-hetero) is 1. The van der Waals surface area contributed by atoms with Crippen molar-refractivity contribution in [3.05, 3.63) is 52.6 Å². The SMILES string of the molecule is COc1cc2c(c(OC)c1)[C@@H](c1ccc(C)o1)C1=C(CCCC1=O)N2. The number of ether oxygens (including phenoxy) is 2. The summed E-state index contributed by atoms with van der Waals surface area (Å²) in [5.41, 5.74) is 3.62. The molecule has 1 aromatic heterocycles. The van der Waals surface area contributed by atoms with Gasteiger partial charge >= 0.3 is 0 Å². The second-order valence-corrected chi connectivity index (χ2v) is 6.47. The Morgan fingerprint density at radius 2 is 2.00 bits per heavy atom. The van der Waals surface area contributed by atoms with Crippen molar-refractivity contribution in [3.8, 4) is 11.5 Å². The standard InChI is InChI=1S/C20H21NO4/c1-11-7-8-16(25-11)20-18-13(5-4-6-15(18)22)21-14-9-12(23-2)10-17(24-3)19(14)20/h7-10,20-21H,4-6H2,1-3H3/t20-/m0/s1. The van der Waals surface area contributed by atoms with E-state index in [1.54, 1.807) is 14.2 Å². The number of ketones is 1. The Kier molecular flexibility index (Phi) is 3.79. The molecule has 4 rings (SSSR count). The minimum atomic E-state index is -0.256. The molecule has 5 nitrogen and oxygen atoms in total. The number of rotatable bonds is 3. The number of aryl methyl sites for hydroxylation is 1. The van der Waals surface area contributed by atoms with Gasteiger partial charge in [0.2, 0.25) is 0 Å². The van der Waals surface area contributed by atoms with Gasteiger partial charge in [-0.2, -0.15) is 0 Å². The van der Waals surface area contributed by atoms with Gasteiger partial charge < -0.3 is 19.2 Å². The first-order valence-corrected chi connectivity index (χ1v) is 8.48. The van der Waals surface area contributed by atoms with E-state index < -0.39 is 0 Å². The molecule has 0 fully saturated rings. The van der Waals surface area contributed by atoms with Crippen LogP contribution in [0.15, 0.2) is 40.0 Å². The summed E-state index contributed by atoms with van der Waals surface area (Å²) in [5.74, 6) is 2.92. The molecule has 0 saturated heterocycles. The lowest BCUT2D eigenvalue weighted by Gasteiger charge is -2.34. The Bertz CT molecular complexity index is 878. The maximum atomic E-state index is 12.7. The minimum absolute atomic E-state index is 0.177. The largest absolute Gasteiger partial charge is 0.497 e. The molecule has 5 heteroatoms. The van der Waals surface area contributed by atoms with Crippen LogP contribution in [0.3, 0.4) is 0 Å². The van der Waals surface area contributed by atoms with Crippen LogP contribution in [0.4, 0.5) is 5.69 Å². The van der Waals surface area contributed by atoms with Crippen molar-refractivity contribution in [2.75, 3.05) is 19.5 Å². The van der Waals surface area contributed by atoms with Gasteiger partial charge in [-0.3, -0.25) is 4.79 Å². The summed E-state index contributed by atoms with van der Waals surface area (Å²) in [4.78, 5) is 12.7. The average molecular weight is 339 g/mol. The quantitative estimate of drug-likeness (QED) is 0.909. The Morgan fingerprint density at radius 3 is 2.68 bits per heavy atom. The van der Waals surface area contributed by atoms with Gasteiger partial charge in [-0.05, 0) is 31.9 Å². The maximum Gasteiger partial charge on any atom is 0.161 e. The molecule has 0 unspecified atom stereocenters. The summed E-state index contributed by atoms with van der Waals surface area (Å²) in [7, 11) is 3.26. The highest BCUT2D eigenvalue weighted by atomic mass is 16.5. The second-order valence-electron chi connectivity index (χ2n) is 6.47. The molecule has 1 N–H and O–H groups in total. The van der Waals surface area contributed by atoms with Gasteiger partial charge in [0, 0.05) is 41.1 Å². The molecular formula is C20H21NO4. The third-order valence-electron chi connectivity index (χ3n) is 4.94. The van der Waals surface area contributed by atoms with Crippen LogP contribution in [0.2, 0.25) is 0 Å². The molecule has 0 amide bonds. The summed E-state index contributed by atoms with van der Waals surface area (Å²) in [5, 5.41) is 3.44. The first kappa shape index (κ1) is 15.8. The van der Waals surface area contributed by atoms with E-state index in [-0.39, 0.29) is 11.7 Å². The molecular weight excluding hydrogens is 318 g/mol. The zero-order chi connectivity index (χ0) is 17.6. The molecule has 0 saturated carbocycles. The third kappa shape index (κ3) is 2.51. The van der Waals surface area contributed by atoms with Crippen molar-refractivity contribution in [2.45, 2.75) is 32.1 Å². The van der Waals surface area contributed by atoms with Crippen molar-refractivity contribution in [1.29, 1.82) is 0 Å². The Labute approximate surface area is 146 Å². The molecule has 0 spiro atoms. The predicted octanol–water partition coefficient (Wildman–Crippen LogP) is 4.17. The van der Waals surface area contributed by atoms with E-state index in [4.69, 9.17) is 13.9 Å². The summed E-state index contributed by atoms with van der Waals surface area (Å²) in [6, 6.07) is 7.68. The van der Waals surface area contributed by atoms with E-state index in [2.05, 4.69) is 5.32 Å². The molecule has 2 aromatic rings. The molecule has 1 aliphatic carbocycles. The number of carbonyl (C=O) groups excluding carboxylic acids is 1. The van der Waals surface area contributed by atoms with Gasteiger partial charge in [-0.1, -0.05) is 0 Å². The van der Waals surface area contributed by atoms with Crippen molar-refractivity contribution in [1.82, 2.24) is 0 Å². The van der Waals surface area contributed by atoms with Gasteiger partial charge in [0.1, 0.15) is 23.0 Å². The highest BCUT2D eigenvalue weighted by Gasteiger charge is 2.38. The number of hydrogen-bond donors (Lipinski definition) is 1. The van der Waals surface area contributed by atoms with Crippen LogP contribution in [0.25, 0.3) is 0 Å². The summed E-state index contributed by atoms with van der Waals surface area (Å²) in [6.07, 6.45) is 2.30. The Balaban J connectivity index is 1.98. The Hall–Kier alpha value is -2.69. The predicted molar refractivity (Wildman–Crippen MR) is 94.3 cm³/mol. The van der Waals surface area contributed by atoms with Crippen LogP contribution in [0, 0.1) is 6.92 Å². The molecule has 2 heterocycles. The monoisotopic (exact) mass is 339 g/mol. The number of hydrogen-bond acceptors (Lipinski definition) is 5. The fourth-order valence-electron chi connectivity index (χ4n) is 3.82. The Morgan fingerprint density at radius 1 is 1.16 bits per heavy atom. The molecule has 25 heavy (non-hydrogen) atoms. The smallest absolute Gasteiger partial charge is 0.161 e. The van der Waals surface area contributed by atoms with Crippen molar-refractivity contribution < 1.29 is 18.7 Å². The molecule has 0 bridgehead atoms. The molecule has 1 aliphatic heterocycles. The minimum Gasteiger partial charge on any atom is -0.497 e. The van der Waals surface area contributed by atoms with Crippen molar-refractivity contribution in [3.63, 3.8) is 0 Å². The number of anilines is 1. The maximum absolute atomic E-state index is 12.7. The lowest BCUT2D eigenvalue weighted by molar-refractivity contribution is -0.116. The van der Waals surface area contributed by atoms with E-state index in [0.717, 1.165) is 46.9 Å². The van der Waals surface area contributed by atoms with Crippen LogP contribution in [-0.2, 0) is 4.79 Å². The highest BCUT2D eigenvalue weighted by Crippen LogP contribution is 2.50. The number of nitrogens with one attached hydrogen (secondary N) is 1. The normalized spacial score (nSPS) is 19.2. The molecule has 130 valence electrons. The first-order chi connectivity index (χ1) is 12.1. The lowest BCUT2D eigenvalue weighted by atomic mass is 9.77. The van der Waals surface area contributed by atoms with Gasteiger partial charge in [0.25, 0.3) is 0 Å². The van der Waals surface area contributed by atoms with Crippen LogP contribution in [0.1, 0.15) is 42.3 Å². The first-order valence-electron chi connectivity index (χ1n) is 8.48. The number of furan rings is 1. The summed E-state index contributed by atoms with van der Waals surface area (Å²) in [6.45, 7) is 1.91. The van der Waals surface area contributed by atoms with Crippen molar-refractivity contribution >= 4 is 11.5 Å². The van der Waals surface area contributed by atoms with Crippen molar-refractivity contribution in [2.24, 2.45) is 0 Å². The van der Waals surface area contributed by atoms with Crippen LogP contribution >= 0.6 is 0 Å². The van der Waals surface area contributed by atoms with E-state index in [0.29, 0.717) is 17.9 Å². The number of carbonyl (C=O) groups is 1. The number of methoxy groups -OCH3 is 2. The summed E-state index contributed by atoms with van der Waals surface area (Å²) < 4.78 is 17.0. The van der Waals surface area contributed by atoms with Gasteiger partial charge in [-0.25, -0.2) is 0 Å². The van der Waals surface area contributed by atoms with E-state index >= 15 is 0 Å². The van der Waals surface area contributed by atoms with Gasteiger partial charge in [-0.15, -0.1) is 0 Å². The van der Waals surface area contributed by atoms with Crippen LogP contribution in [0.5, 0.6) is 11.5 Å². The van der Waals surface area contributed by atoms with Gasteiger partial charge in [0.05, 0.1) is 20.1 Å². The van der Waals surface area contributed by atoms with E-state index in [1.807, 2.05) is 31.2 Å².